The average molecular weight is 219 g/mol. The normalized spacial score (nSPS) is 10.2. The van der Waals surface area contributed by atoms with E-state index >= 15 is 0 Å². The molecule has 0 N–H and O–H groups in total. The third-order valence-corrected chi connectivity index (χ3v) is 2.80. The van der Waals surface area contributed by atoms with Crippen LogP contribution in [0.15, 0.2) is 24.3 Å². The highest BCUT2D eigenvalue weighted by atomic mass is 16.1. The maximum atomic E-state index is 11.2. The fraction of sp³-hybridized carbons (Fsp3) is 0.500. The minimum absolute atomic E-state index is 0.128. The van der Waals surface area contributed by atoms with Gasteiger partial charge in [-0.25, -0.2) is 0 Å². The number of nitrogens with zero attached hydrogens (tertiary/aromatic N) is 1. The molecule has 0 radical (unpaired) electrons. The molecule has 0 aliphatic carbocycles. The van der Waals surface area contributed by atoms with Crippen molar-refractivity contribution >= 4 is 11.5 Å². The second-order valence-corrected chi connectivity index (χ2v) is 4.04. The minimum atomic E-state index is 0.128. The van der Waals surface area contributed by atoms with E-state index in [-0.39, 0.29) is 5.78 Å². The van der Waals surface area contributed by atoms with Crippen molar-refractivity contribution in [3.05, 3.63) is 29.8 Å². The SMILES string of the molecule is CCCCN(CC)c1ccc(C(C)=O)cc1. The number of hydrogen-bond donors (Lipinski definition) is 0. The van der Waals surface area contributed by atoms with Crippen LogP contribution in [0.2, 0.25) is 0 Å². The fourth-order valence-electron chi connectivity index (χ4n) is 1.73. The van der Waals surface area contributed by atoms with Crippen LogP contribution in [0, 0.1) is 0 Å². The number of hydrogen-bond acceptors (Lipinski definition) is 2. The fourth-order valence-corrected chi connectivity index (χ4v) is 1.73. The predicted octanol–water partition coefficient (Wildman–Crippen LogP) is 3.52. The van der Waals surface area contributed by atoms with Gasteiger partial charge in [-0.1, -0.05) is 13.3 Å². The van der Waals surface area contributed by atoms with Crippen molar-refractivity contribution in [3.8, 4) is 0 Å². The van der Waals surface area contributed by atoms with Crippen molar-refractivity contribution in [2.45, 2.75) is 33.6 Å². The van der Waals surface area contributed by atoms with Crippen molar-refractivity contribution in [3.63, 3.8) is 0 Å². The van der Waals surface area contributed by atoms with Gasteiger partial charge in [-0.3, -0.25) is 4.79 Å². The number of rotatable bonds is 6. The summed E-state index contributed by atoms with van der Waals surface area (Å²) in [7, 11) is 0. The standard InChI is InChI=1S/C14H21NO/c1-4-6-11-15(5-2)14-9-7-13(8-10-14)12(3)16/h7-10H,4-6,11H2,1-3H3. The molecular formula is C14H21NO. The van der Waals surface area contributed by atoms with E-state index in [4.69, 9.17) is 0 Å². The lowest BCUT2D eigenvalue weighted by Crippen LogP contribution is -2.23. The quantitative estimate of drug-likeness (QED) is 0.682. The molecule has 0 heterocycles. The van der Waals surface area contributed by atoms with Crippen molar-refractivity contribution < 1.29 is 4.79 Å². The molecular weight excluding hydrogens is 198 g/mol. The van der Waals surface area contributed by atoms with Crippen molar-refractivity contribution in [1.29, 1.82) is 0 Å². The maximum Gasteiger partial charge on any atom is 0.159 e. The molecule has 0 amide bonds. The highest BCUT2D eigenvalue weighted by Gasteiger charge is 2.04. The van der Waals surface area contributed by atoms with Crippen LogP contribution in [0.5, 0.6) is 0 Å². The number of carbonyl (C=O) groups is 1. The zero-order valence-electron chi connectivity index (χ0n) is 10.5. The first kappa shape index (κ1) is 12.8. The predicted molar refractivity (Wildman–Crippen MR) is 69.2 cm³/mol. The van der Waals surface area contributed by atoms with Gasteiger partial charge in [-0.05, 0) is 44.5 Å². The lowest BCUT2D eigenvalue weighted by atomic mass is 10.1. The Balaban J connectivity index is 2.74. The summed E-state index contributed by atoms with van der Waals surface area (Å²) in [4.78, 5) is 13.5. The molecule has 0 aliphatic rings. The first-order chi connectivity index (χ1) is 7.69. The largest absolute Gasteiger partial charge is 0.372 e. The Labute approximate surface area is 98.3 Å². The van der Waals surface area contributed by atoms with Crippen LogP contribution in [0.4, 0.5) is 5.69 Å². The van der Waals surface area contributed by atoms with E-state index in [9.17, 15) is 4.79 Å². The summed E-state index contributed by atoms with van der Waals surface area (Å²) in [6, 6.07) is 7.89. The maximum absolute atomic E-state index is 11.2. The Morgan fingerprint density at radius 2 is 1.81 bits per heavy atom. The van der Waals surface area contributed by atoms with E-state index in [1.54, 1.807) is 6.92 Å². The van der Waals surface area contributed by atoms with E-state index in [1.807, 2.05) is 24.3 Å². The van der Waals surface area contributed by atoms with Crippen LogP contribution >= 0.6 is 0 Å². The van der Waals surface area contributed by atoms with Crippen LogP contribution in [-0.4, -0.2) is 18.9 Å². The van der Waals surface area contributed by atoms with E-state index < -0.39 is 0 Å². The van der Waals surface area contributed by atoms with Gasteiger partial charge in [-0.2, -0.15) is 0 Å². The Bertz CT molecular complexity index is 329. The Hall–Kier alpha value is -1.31. The van der Waals surface area contributed by atoms with Gasteiger partial charge < -0.3 is 4.90 Å². The summed E-state index contributed by atoms with van der Waals surface area (Å²) in [6.07, 6.45) is 2.42. The van der Waals surface area contributed by atoms with Gasteiger partial charge >= 0.3 is 0 Å². The molecule has 0 aromatic heterocycles. The molecule has 1 aromatic rings. The molecule has 0 spiro atoms. The van der Waals surface area contributed by atoms with Gasteiger partial charge in [0.25, 0.3) is 0 Å². The second kappa shape index (κ2) is 6.31. The van der Waals surface area contributed by atoms with Crippen LogP contribution < -0.4 is 4.90 Å². The summed E-state index contributed by atoms with van der Waals surface area (Å²) in [5.74, 6) is 0.128. The first-order valence-electron chi connectivity index (χ1n) is 6.05. The van der Waals surface area contributed by atoms with E-state index in [1.165, 1.54) is 18.5 Å². The van der Waals surface area contributed by atoms with Gasteiger partial charge in [0.15, 0.2) is 5.78 Å². The molecule has 0 atom stereocenters. The lowest BCUT2D eigenvalue weighted by molar-refractivity contribution is 0.101. The van der Waals surface area contributed by atoms with Crippen LogP contribution in [0.1, 0.15) is 44.0 Å². The number of carbonyl (C=O) groups excluding carboxylic acids is 1. The second-order valence-electron chi connectivity index (χ2n) is 4.04. The van der Waals surface area contributed by atoms with Crippen LogP contribution in [0.3, 0.4) is 0 Å². The topological polar surface area (TPSA) is 20.3 Å². The molecule has 1 rings (SSSR count). The molecule has 2 nitrogen and oxygen atoms in total. The molecule has 0 saturated carbocycles. The Morgan fingerprint density at radius 1 is 1.19 bits per heavy atom. The number of anilines is 1. The van der Waals surface area contributed by atoms with Gasteiger partial charge in [0.1, 0.15) is 0 Å². The summed E-state index contributed by atoms with van der Waals surface area (Å²) in [5.41, 5.74) is 2.00. The highest BCUT2D eigenvalue weighted by molar-refractivity contribution is 5.94. The molecule has 2 heteroatoms. The number of benzene rings is 1. The third-order valence-electron chi connectivity index (χ3n) is 2.80. The van der Waals surface area contributed by atoms with Gasteiger partial charge in [0.2, 0.25) is 0 Å². The molecule has 0 unspecified atom stereocenters. The Morgan fingerprint density at radius 3 is 2.25 bits per heavy atom. The monoisotopic (exact) mass is 219 g/mol. The molecule has 0 fully saturated rings. The molecule has 16 heavy (non-hydrogen) atoms. The summed E-state index contributed by atoms with van der Waals surface area (Å²) >= 11 is 0. The third kappa shape index (κ3) is 3.37. The molecule has 0 saturated heterocycles. The smallest absolute Gasteiger partial charge is 0.159 e. The van der Waals surface area contributed by atoms with E-state index in [2.05, 4.69) is 18.7 Å². The summed E-state index contributed by atoms with van der Waals surface area (Å²) in [5, 5.41) is 0. The number of ketones is 1. The Kier molecular flexibility index (Phi) is 5.03. The van der Waals surface area contributed by atoms with Crippen molar-refractivity contribution in [2.75, 3.05) is 18.0 Å². The van der Waals surface area contributed by atoms with Crippen LogP contribution in [0.25, 0.3) is 0 Å². The summed E-state index contributed by atoms with van der Waals surface area (Å²) in [6.45, 7) is 8.07. The van der Waals surface area contributed by atoms with Gasteiger partial charge in [0, 0.05) is 24.3 Å². The van der Waals surface area contributed by atoms with Gasteiger partial charge in [-0.15, -0.1) is 0 Å². The van der Waals surface area contributed by atoms with E-state index in [0.717, 1.165) is 18.7 Å². The number of unbranched alkanes of at least 4 members (excludes halogenated alkanes) is 1. The highest BCUT2D eigenvalue weighted by Crippen LogP contribution is 2.16. The molecule has 0 aliphatic heterocycles. The van der Waals surface area contributed by atoms with E-state index in [0.29, 0.717) is 0 Å². The van der Waals surface area contributed by atoms with Crippen molar-refractivity contribution in [1.82, 2.24) is 0 Å². The molecule has 0 bridgehead atoms. The lowest BCUT2D eigenvalue weighted by Gasteiger charge is -2.22. The molecule has 1 aromatic carbocycles. The first-order valence-corrected chi connectivity index (χ1v) is 6.05. The zero-order chi connectivity index (χ0) is 12.0. The minimum Gasteiger partial charge on any atom is -0.372 e. The average Bonchev–Trinajstić information content (AvgIpc) is 2.30. The van der Waals surface area contributed by atoms with Crippen molar-refractivity contribution in [2.24, 2.45) is 0 Å². The van der Waals surface area contributed by atoms with Gasteiger partial charge in [0.05, 0.1) is 0 Å². The molecule has 88 valence electrons. The summed E-state index contributed by atoms with van der Waals surface area (Å²) < 4.78 is 0. The zero-order valence-corrected chi connectivity index (χ0v) is 10.5. The van der Waals surface area contributed by atoms with Crippen LogP contribution in [-0.2, 0) is 0 Å². The number of Topliss-reactive ketones (excluding diaryl/α,β-unsaturated/α-hetero) is 1.